The summed E-state index contributed by atoms with van der Waals surface area (Å²) < 4.78 is 1.98. The van der Waals surface area contributed by atoms with Gasteiger partial charge in [-0.2, -0.15) is 5.10 Å². The van der Waals surface area contributed by atoms with Crippen LogP contribution in [-0.2, 0) is 6.54 Å². The third kappa shape index (κ3) is 2.47. The highest BCUT2D eigenvalue weighted by Crippen LogP contribution is 2.18. The number of hydrogen-bond donors (Lipinski definition) is 2. The number of fused-ring (bicyclic) bond motifs is 1. The molecule has 0 aliphatic rings. The van der Waals surface area contributed by atoms with Gasteiger partial charge in [-0.1, -0.05) is 0 Å². The normalized spacial score (nSPS) is 11.3. The third-order valence-corrected chi connectivity index (χ3v) is 3.23. The molecule has 3 rings (SSSR count). The van der Waals surface area contributed by atoms with Crippen molar-refractivity contribution < 1.29 is 0 Å². The molecule has 4 heteroatoms. The molecule has 4 nitrogen and oxygen atoms in total. The quantitative estimate of drug-likeness (QED) is 0.747. The van der Waals surface area contributed by atoms with Crippen LogP contribution in [0.2, 0.25) is 0 Å². The van der Waals surface area contributed by atoms with E-state index >= 15 is 0 Å². The molecule has 3 aromatic rings. The second-order valence-corrected chi connectivity index (χ2v) is 5.06. The first-order chi connectivity index (χ1) is 9.22. The van der Waals surface area contributed by atoms with E-state index in [1.165, 1.54) is 10.9 Å². The zero-order chi connectivity index (χ0) is 13.2. The van der Waals surface area contributed by atoms with Crippen LogP contribution >= 0.6 is 0 Å². The van der Waals surface area contributed by atoms with E-state index < -0.39 is 0 Å². The van der Waals surface area contributed by atoms with Crippen LogP contribution in [0.4, 0.5) is 5.69 Å². The van der Waals surface area contributed by atoms with Crippen molar-refractivity contribution in [2.75, 3.05) is 5.32 Å². The molecule has 0 unspecified atom stereocenters. The van der Waals surface area contributed by atoms with E-state index in [0.29, 0.717) is 6.04 Å². The third-order valence-electron chi connectivity index (χ3n) is 3.23. The predicted molar refractivity (Wildman–Crippen MR) is 78.2 cm³/mol. The van der Waals surface area contributed by atoms with Crippen molar-refractivity contribution in [1.82, 2.24) is 14.8 Å². The monoisotopic (exact) mass is 254 g/mol. The first-order valence-corrected chi connectivity index (χ1v) is 6.56. The molecule has 0 amide bonds. The molecule has 0 aliphatic carbocycles. The van der Waals surface area contributed by atoms with Gasteiger partial charge in [-0.05, 0) is 38.1 Å². The van der Waals surface area contributed by atoms with E-state index in [4.69, 9.17) is 0 Å². The van der Waals surface area contributed by atoms with Crippen LogP contribution in [0.3, 0.4) is 0 Å². The lowest BCUT2D eigenvalue weighted by Gasteiger charge is -2.05. The summed E-state index contributed by atoms with van der Waals surface area (Å²) in [6.45, 7) is 5.05. The summed E-state index contributed by atoms with van der Waals surface area (Å²) in [7, 11) is 0. The Morgan fingerprint density at radius 1 is 1.32 bits per heavy atom. The van der Waals surface area contributed by atoms with Crippen molar-refractivity contribution in [3.8, 4) is 0 Å². The molecule has 0 aliphatic heterocycles. The molecule has 0 atom stereocenters. The van der Waals surface area contributed by atoms with Crippen molar-refractivity contribution >= 4 is 16.6 Å². The van der Waals surface area contributed by atoms with E-state index in [-0.39, 0.29) is 0 Å². The molecule has 0 saturated carbocycles. The molecular weight excluding hydrogens is 236 g/mol. The van der Waals surface area contributed by atoms with Gasteiger partial charge in [0.1, 0.15) is 0 Å². The number of benzene rings is 1. The van der Waals surface area contributed by atoms with Gasteiger partial charge in [-0.15, -0.1) is 0 Å². The summed E-state index contributed by atoms with van der Waals surface area (Å²) in [5, 5.41) is 8.99. The average Bonchev–Trinajstić information content (AvgIpc) is 3.04. The molecule has 2 N–H and O–H groups in total. The fourth-order valence-electron chi connectivity index (χ4n) is 2.12. The van der Waals surface area contributed by atoms with Crippen molar-refractivity contribution in [2.45, 2.75) is 26.4 Å². The number of hydrogen-bond acceptors (Lipinski definition) is 2. The van der Waals surface area contributed by atoms with Crippen LogP contribution in [0.1, 0.15) is 25.5 Å². The Hall–Kier alpha value is -2.23. The predicted octanol–water partition coefficient (Wildman–Crippen LogP) is 3.56. The van der Waals surface area contributed by atoms with E-state index in [9.17, 15) is 0 Å². The molecule has 0 saturated heterocycles. The number of aromatic amines is 1. The lowest BCUT2D eigenvalue weighted by Crippen LogP contribution is -2.01. The Kier molecular flexibility index (Phi) is 2.99. The molecule has 19 heavy (non-hydrogen) atoms. The highest BCUT2D eigenvalue weighted by atomic mass is 15.3. The maximum Gasteiger partial charge on any atom is 0.0539 e. The fourth-order valence-corrected chi connectivity index (χ4v) is 2.12. The van der Waals surface area contributed by atoms with Gasteiger partial charge in [-0.3, -0.25) is 4.68 Å². The zero-order valence-corrected chi connectivity index (χ0v) is 11.2. The molecule has 2 aromatic heterocycles. The van der Waals surface area contributed by atoms with Crippen LogP contribution in [0.15, 0.2) is 42.9 Å². The smallest absolute Gasteiger partial charge is 0.0539 e. The minimum Gasteiger partial charge on any atom is -0.381 e. The largest absolute Gasteiger partial charge is 0.381 e. The highest BCUT2D eigenvalue weighted by Gasteiger charge is 2.02. The summed E-state index contributed by atoms with van der Waals surface area (Å²) in [5.74, 6) is 0. The van der Waals surface area contributed by atoms with Crippen LogP contribution in [0, 0.1) is 0 Å². The standard InChI is InChI=1S/C15H18N4/c1-11(2)19-10-12(9-18-19)8-17-14-3-4-15-13(7-14)5-6-16-15/h3-7,9-11,16-17H,8H2,1-2H3. The Balaban J connectivity index is 1.70. The number of aromatic nitrogens is 3. The second kappa shape index (κ2) is 4.80. The maximum atomic E-state index is 4.34. The summed E-state index contributed by atoms with van der Waals surface area (Å²) >= 11 is 0. The van der Waals surface area contributed by atoms with E-state index in [0.717, 1.165) is 17.7 Å². The maximum absolute atomic E-state index is 4.34. The van der Waals surface area contributed by atoms with Gasteiger partial charge in [0, 0.05) is 47.1 Å². The second-order valence-electron chi connectivity index (χ2n) is 5.06. The number of rotatable bonds is 4. The van der Waals surface area contributed by atoms with Crippen LogP contribution in [0.25, 0.3) is 10.9 Å². The summed E-state index contributed by atoms with van der Waals surface area (Å²) in [5.41, 5.74) is 3.49. The summed E-state index contributed by atoms with van der Waals surface area (Å²) in [6.07, 6.45) is 5.97. The fraction of sp³-hybridized carbons (Fsp3) is 0.267. The minimum atomic E-state index is 0.407. The molecule has 2 heterocycles. The van der Waals surface area contributed by atoms with Gasteiger partial charge in [0.2, 0.25) is 0 Å². The van der Waals surface area contributed by atoms with Gasteiger partial charge in [0.15, 0.2) is 0 Å². The van der Waals surface area contributed by atoms with E-state index in [2.05, 4.69) is 59.7 Å². The molecule has 0 bridgehead atoms. The van der Waals surface area contributed by atoms with Gasteiger partial charge in [0.05, 0.1) is 6.20 Å². The Morgan fingerprint density at radius 3 is 3.00 bits per heavy atom. The summed E-state index contributed by atoms with van der Waals surface area (Å²) in [6, 6.07) is 8.82. The molecule has 98 valence electrons. The molecule has 1 aromatic carbocycles. The number of nitrogens with one attached hydrogen (secondary N) is 2. The average molecular weight is 254 g/mol. The number of anilines is 1. The Labute approximate surface area is 112 Å². The van der Waals surface area contributed by atoms with E-state index in [1.807, 2.05) is 17.1 Å². The summed E-state index contributed by atoms with van der Waals surface area (Å²) in [4.78, 5) is 3.20. The number of H-pyrrole nitrogens is 1. The van der Waals surface area contributed by atoms with E-state index in [1.54, 1.807) is 0 Å². The minimum absolute atomic E-state index is 0.407. The van der Waals surface area contributed by atoms with Crippen molar-refractivity contribution in [3.05, 3.63) is 48.4 Å². The zero-order valence-electron chi connectivity index (χ0n) is 11.2. The lowest BCUT2D eigenvalue weighted by atomic mass is 10.2. The van der Waals surface area contributed by atoms with Crippen LogP contribution in [-0.4, -0.2) is 14.8 Å². The van der Waals surface area contributed by atoms with Crippen molar-refractivity contribution in [2.24, 2.45) is 0 Å². The first-order valence-electron chi connectivity index (χ1n) is 6.56. The molecule has 0 radical (unpaired) electrons. The van der Waals surface area contributed by atoms with Gasteiger partial charge in [0.25, 0.3) is 0 Å². The van der Waals surface area contributed by atoms with Crippen molar-refractivity contribution in [1.29, 1.82) is 0 Å². The number of nitrogens with zero attached hydrogens (tertiary/aromatic N) is 2. The van der Waals surface area contributed by atoms with Crippen LogP contribution in [0.5, 0.6) is 0 Å². The first kappa shape index (κ1) is 11.8. The lowest BCUT2D eigenvalue weighted by molar-refractivity contribution is 0.532. The molecule has 0 fully saturated rings. The van der Waals surface area contributed by atoms with Gasteiger partial charge < -0.3 is 10.3 Å². The van der Waals surface area contributed by atoms with Crippen LogP contribution < -0.4 is 5.32 Å². The Morgan fingerprint density at radius 2 is 2.21 bits per heavy atom. The molecular formula is C15H18N4. The van der Waals surface area contributed by atoms with Gasteiger partial charge in [-0.25, -0.2) is 0 Å². The van der Waals surface area contributed by atoms with Gasteiger partial charge >= 0.3 is 0 Å². The SMILES string of the molecule is CC(C)n1cc(CNc2ccc3[nH]ccc3c2)cn1. The van der Waals surface area contributed by atoms with Crippen molar-refractivity contribution in [3.63, 3.8) is 0 Å². The Bertz CT molecular complexity index is 678. The molecule has 0 spiro atoms. The topological polar surface area (TPSA) is 45.6 Å². The highest BCUT2D eigenvalue weighted by molar-refractivity contribution is 5.82.